The second-order valence-electron chi connectivity index (χ2n) is 5.29. The third-order valence-corrected chi connectivity index (χ3v) is 4.44. The van der Waals surface area contributed by atoms with E-state index in [1.165, 1.54) is 0 Å². The van der Waals surface area contributed by atoms with E-state index in [1.807, 2.05) is 12.3 Å². The van der Waals surface area contributed by atoms with Crippen LogP contribution in [0.2, 0.25) is 5.02 Å². The van der Waals surface area contributed by atoms with Gasteiger partial charge in [0.25, 0.3) is 0 Å². The van der Waals surface area contributed by atoms with Crippen LogP contribution in [0.1, 0.15) is 18.5 Å². The van der Waals surface area contributed by atoms with Crippen LogP contribution in [0, 0.1) is 5.82 Å². The summed E-state index contributed by atoms with van der Waals surface area (Å²) in [5, 5.41) is 1.07. The molecule has 0 saturated carbocycles. The molecular formula is C14H16ClFN2. The van der Waals surface area contributed by atoms with Crippen LogP contribution in [-0.4, -0.2) is 29.6 Å². The van der Waals surface area contributed by atoms with Gasteiger partial charge in [0.1, 0.15) is 5.82 Å². The van der Waals surface area contributed by atoms with Crippen molar-refractivity contribution in [2.45, 2.75) is 25.4 Å². The first-order chi connectivity index (χ1) is 8.50. The maximum absolute atomic E-state index is 13.8. The first kappa shape index (κ1) is 12.0. The zero-order chi connectivity index (χ0) is 13.0. The first-order valence-corrected chi connectivity index (χ1v) is 6.52. The van der Waals surface area contributed by atoms with E-state index in [-0.39, 0.29) is 10.8 Å². The van der Waals surface area contributed by atoms with E-state index >= 15 is 0 Å². The molecule has 4 heteroatoms. The van der Waals surface area contributed by atoms with Gasteiger partial charge in [-0.3, -0.25) is 0 Å². The minimum absolute atomic E-state index is 0.239. The minimum Gasteiger partial charge on any atom is -0.343 e. The van der Waals surface area contributed by atoms with E-state index in [4.69, 9.17) is 11.6 Å². The molecule has 1 aliphatic heterocycles. The number of halogens is 2. The molecule has 2 nitrogen and oxygen atoms in total. The number of aromatic nitrogens is 1. The molecule has 0 N–H and O–H groups in total. The van der Waals surface area contributed by atoms with Gasteiger partial charge in [0.15, 0.2) is 0 Å². The van der Waals surface area contributed by atoms with Gasteiger partial charge in [0.05, 0.1) is 10.5 Å². The number of benzene rings is 1. The zero-order valence-corrected chi connectivity index (χ0v) is 11.5. The summed E-state index contributed by atoms with van der Waals surface area (Å²) in [4.78, 5) is 2.20. The van der Waals surface area contributed by atoms with Gasteiger partial charge >= 0.3 is 0 Å². The highest BCUT2D eigenvalue weighted by molar-refractivity contribution is 6.35. The first-order valence-electron chi connectivity index (χ1n) is 6.14. The summed E-state index contributed by atoms with van der Waals surface area (Å²) in [5.41, 5.74) is 2.14. The lowest BCUT2D eigenvalue weighted by atomic mass is 9.94. The fourth-order valence-corrected chi connectivity index (χ4v) is 3.27. The second kappa shape index (κ2) is 3.97. The Balaban J connectivity index is 2.28. The van der Waals surface area contributed by atoms with Crippen LogP contribution < -0.4 is 0 Å². The van der Waals surface area contributed by atoms with Crippen LogP contribution in [-0.2, 0) is 6.42 Å². The highest BCUT2D eigenvalue weighted by Crippen LogP contribution is 2.37. The van der Waals surface area contributed by atoms with Gasteiger partial charge in [0, 0.05) is 23.7 Å². The molecule has 3 rings (SSSR count). The fourth-order valence-electron chi connectivity index (χ4n) is 3.07. The van der Waals surface area contributed by atoms with Gasteiger partial charge in [-0.2, -0.15) is 0 Å². The third-order valence-electron chi connectivity index (χ3n) is 4.05. The molecule has 2 atom stereocenters. The molecule has 0 saturated heterocycles. The van der Waals surface area contributed by atoms with Gasteiger partial charge in [-0.25, -0.2) is 4.39 Å². The van der Waals surface area contributed by atoms with Gasteiger partial charge < -0.3 is 9.47 Å². The van der Waals surface area contributed by atoms with Crippen LogP contribution in [0.25, 0.3) is 10.9 Å². The van der Waals surface area contributed by atoms with Crippen molar-refractivity contribution in [1.29, 1.82) is 0 Å². The van der Waals surface area contributed by atoms with Crippen molar-refractivity contribution in [2.24, 2.45) is 0 Å². The monoisotopic (exact) mass is 266 g/mol. The molecule has 0 aliphatic carbocycles. The minimum atomic E-state index is -0.316. The van der Waals surface area contributed by atoms with Crippen molar-refractivity contribution in [3.05, 3.63) is 34.7 Å². The molecule has 1 aliphatic rings. The van der Waals surface area contributed by atoms with Crippen molar-refractivity contribution >= 4 is 22.5 Å². The normalized spacial score (nSPS) is 23.0. The molecule has 0 unspecified atom stereocenters. The van der Waals surface area contributed by atoms with E-state index < -0.39 is 0 Å². The Hall–Kier alpha value is -1.06. The van der Waals surface area contributed by atoms with Crippen LogP contribution >= 0.6 is 11.6 Å². The molecule has 2 heterocycles. The molecule has 1 aromatic heterocycles. The van der Waals surface area contributed by atoms with Crippen molar-refractivity contribution in [3.63, 3.8) is 0 Å². The SMILES string of the molecule is C[C@@H]1[C@H](N(C)C)Cc2cc(F)c(Cl)c3ccn1c23. The van der Waals surface area contributed by atoms with E-state index in [2.05, 4.69) is 30.5 Å². The molecule has 0 spiro atoms. The van der Waals surface area contributed by atoms with Crippen molar-refractivity contribution in [3.8, 4) is 0 Å². The van der Waals surface area contributed by atoms with E-state index in [9.17, 15) is 4.39 Å². The summed E-state index contributed by atoms with van der Waals surface area (Å²) in [5.74, 6) is -0.316. The Morgan fingerprint density at radius 2 is 2.17 bits per heavy atom. The number of rotatable bonds is 1. The smallest absolute Gasteiger partial charge is 0.142 e. The molecule has 18 heavy (non-hydrogen) atoms. The van der Waals surface area contributed by atoms with Crippen molar-refractivity contribution < 1.29 is 4.39 Å². The predicted molar refractivity (Wildman–Crippen MR) is 72.8 cm³/mol. The lowest BCUT2D eigenvalue weighted by Crippen LogP contribution is -2.39. The number of nitrogens with zero attached hydrogens (tertiary/aromatic N) is 2. The molecule has 0 amide bonds. The molecule has 0 radical (unpaired) electrons. The summed E-state index contributed by atoms with van der Waals surface area (Å²) in [6.07, 6.45) is 2.88. The van der Waals surface area contributed by atoms with Gasteiger partial charge in [-0.05, 0) is 45.1 Å². The third kappa shape index (κ3) is 1.50. The Morgan fingerprint density at radius 3 is 2.83 bits per heavy atom. The molecule has 2 aromatic rings. The van der Waals surface area contributed by atoms with Gasteiger partial charge in [0.2, 0.25) is 0 Å². The lowest BCUT2D eigenvalue weighted by Gasteiger charge is -2.36. The van der Waals surface area contributed by atoms with Crippen molar-refractivity contribution in [1.82, 2.24) is 9.47 Å². The standard InChI is InChI=1S/C14H16ClFN2/c1-8-12(17(2)3)7-9-6-11(16)13(15)10-4-5-18(8)14(9)10/h4-6,8,12H,7H2,1-3H3/t8-,12-/m1/s1. The zero-order valence-electron chi connectivity index (χ0n) is 10.7. The van der Waals surface area contributed by atoms with Crippen LogP contribution in [0.4, 0.5) is 4.39 Å². The molecule has 0 bridgehead atoms. The topological polar surface area (TPSA) is 8.17 Å². The Kier molecular flexibility index (Phi) is 2.65. The molecule has 96 valence electrons. The van der Waals surface area contributed by atoms with Crippen molar-refractivity contribution in [2.75, 3.05) is 14.1 Å². The maximum atomic E-state index is 13.8. The van der Waals surface area contributed by atoms with E-state index in [0.717, 1.165) is 22.9 Å². The summed E-state index contributed by atoms with van der Waals surface area (Å²) in [6, 6.07) is 4.25. The Bertz CT molecular complexity index is 618. The summed E-state index contributed by atoms with van der Waals surface area (Å²) < 4.78 is 16.0. The highest BCUT2D eigenvalue weighted by atomic mass is 35.5. The predicted octanol–water partition coefficient (Wildman–Crippen LogP) is 3.48. The van der Waals surface area contributed by atoms with E-state index in [1.54, 1.807) is 6.07 Å². The maximum Gasteiger partial charge on any atom is 0.142 e. The molecule has 1 aromatic carbocycles. The lowest BCUT2D eigenvalue weighted by molar-refractivity contribution is 0.216. The molecular weight excluding hydrogens is 251 g/mol. The summed E-state index contributed by atoms with van der Waals surface area (Å²) >= 11 is 6.04. The van der Waals surface area contributed by atoms with Crippen LogP contribution in [0.5, 0.6) is 0 Å². The summed E-state index contributed by atoms with van der Waals surface area (Å²) in [7, 11) is 4.14. The quantitative estimate of drug-likeness (QED) is 0.767. The largest absolute Gasteiger partial charge is 0.343 e. The van der Waals surface area contributed by atoms with Gasteiger partial charge in [-0.1, -0.05) is 11.6 Å². The number of hydrogen-bond donors (Lipinski definition) is 0. The van der Waals surface area contributed by atoms with Crippen LogP contribution in [0.15, 0.2) is 18.3 Å². The van der Waals surface area contributed by atoms with Gasteiger partial charge in [-0.15, -0.1) is 0 Å². The van der Waals surface area contributed by atoms with E-state index in [0.29, 0.717) is 12.1 Å². The Morgan fingerprint density at radius 1 is 1.44 bits per heavy atom. The fraction of sp³-hybridized carbons (Fsp3) is 0.429. The number of hydrogen-bond acceptors (Lipinski definition) is 1. The van der Waals surface area contributed by atoms with Crippen LogP contribution in [0.3, 0.4) is 0 Å². The average molecular weight is 267 g/mol. The highest BCUT2D eigenvalue weighted by Gasteiger charge is 2.29. The Labute approximate surface area is 111 Å². The number of likely N-dealkylation sites (N-methyl/N-ethyl adjacent to an activating group) is 1. The average Bonchev–Trinajstić information content (AvgIpc) is 2.75. The second-order valence-corrected chi connectivity index (χ2v) is 5.67. The summed E-state index contributed by atoms with van der Waals surface area (Å²) in [6.45, 7) is 2.20. The molecule has 0 fully saturated rings.